The van der Waals surface area contributed by atoms with Crippen molar-refractivity contribution in [3.63, 3.8) is 0 Å². The van der Waals surface area contributed by atoms with Crippen LogP contribution in [0.5, 0.6) is 0 Å². The fraction of sp³-hybridized carbons (Fsp3) is 0.600. The van der Waals surface area contributed by atoms with Crippen LogP contribution in [0.2, 0.25) is 0 Å². The quantitative estimate of drug-likeness (QED) is 0.598. The first kappa shape index (κ1) is 9.65. The van der Waals surface area contributed by atoms with Gasteiger partial charge in [0, 0.05) is 24.2 Å². The first-order valence-electron chi connectivity index (χ1n) is 4.99. The average molecular weight is 209 g/mol. The molecule has 14 heavy (non-hydrogen) atoms. The standard InChI is InChI=1S/C10H15N3S/c1-8-7-14-10(12-8)6-9(11)13-4-2-3-5-13/h7,11H,2-6H2,1H3. The van der Waals surface area contributed by atoms with Gasteiger partial charge in [-0.15, -0.1) is 11.3 Å². The lowest BCUT2D eigenvalue weighted by Crippen LogP contribution is -2.28. The number of nitrogens with one attached hydrogen (secondary N) is 1. The van der Waals surface area contributed by atoms with E-state index < -0.39 is 0 Å². The van der Waals surface area contributed by atoms with Crippen molar-refractivity contribution < 1.29 is 0 Å². The Morgan fingerprint density at radius 2 is 2.29 bits per heavy atom. The third kappa shape index (κ3) is 2.12. The van der Waals surface area contributed by atoms with E-state index in [4.69, 9.17) is 5.41 Å². The van der Waals surface area contributed by atoms with Gasteiger partial charge in [-0.1, -0.05) is 0 Å². The number of hydrogen-bond acceptors (Lipinski definition) is 3. The molecule has 3 nitrogen and oxygen atoms in total. The van der Waals surface area contributed by atoms with Crippen molar-refractivity contribution in [3.05, 3.63) is 16.1 Å². The Balaban J connectivity index is 1.93. The molecule has 1 aromatic rings. The summed E-state index contributed by atoms with van der Waals surface area (Å²) in [7, 11) is 0. The summed E-state index contributed by atoms with van der Waals surface area (Å²) >= 11 is 1.66. The zero-order chi connectivity index (χ0) is 9.97. The normalized spacial score (nSPS) is 16.2. The van der Waals surface area contributed by atoms with Crippen LogP contribution in [0.25, 0.3) is 0 Å². The summed E-state index contributed by atoms with van der Waals surface area (Å²) < 4.78 is 0. The number of nitrogens with zero attached hydrogens (tertiary/aromatic N) is 2. The molecule has 0 amide bonds. The van der Waals surface area contributed by atoms with Crippen molar-refractivity contribution in [2.24, 2.45) is 0 Å². The van der Waals surface area contributed by atoms with Gasteiger partial charge in [0.2, 0.25) is 0 Å². The molecule has 0 atom stereocenters. The van der Waals surface area contributed by atoms with Gasteiger partial charge < -0.3 is 4.90 Å². The summed E-state index contributed by atoms with van der Waals surface area (Å²) in [5, 5.41) is 11.0. The minimum atomic E-state index is 0.707. The Morgan fingerprint density at radius 3 is 2.86 bits per heavy atom. The van der Waals surface area contributed by atoms with Crippen molar-refractivity contribution in [2.45, 2.75) is 26.2 Å². The van der Waals surface area contributed by atoms with Crippen LogP contribution in [0.4, 0.5) is 0 Å². The Morgan fingerprint density at radius 1 is 1.57 bits per heavy atom. The summed E-state index contributed by atoms with van der Waals surface area (Å²) in [5.41, 5.74) is 1.07. The maximum Gasteiger partial charge on any atom is 0.103 e. The third-order valence-electron chi connectivity index (χ3n) is 2.47. The SMILES string of the molecule is Cc1csc(CC(=N)N2CCCC2)n1. The number of rotatable bonds is 2. The number of hydrogen-bond donors (Lipinski definition) is 1. The largest absolute Gasteiger partial charge is 0.360 e. The van der Waals surface area contributed by atoms with Gasteiger partial charge in [0.25, 0.3) is 0 Å². The van der Waals surface area contributed by atoms with Crippen LogP contribution in [-0.4, -0.2) is 28.8 Å². The van der Waals surface area contributed by atoms with Crippen LogP contribution in [-0.2, 0) is 6.42 Å². The highest BCUT2D eigenvalue weighted by Crippen LogP contribution is 2.13. The van der Waals surface area contributed by atoms with Crippen molar-refractivity contribution in [3.8, 4) is 0 Å². The van der Waals surface area contributed by atoms with E-state index in [0.717, 1.165) is 29.6 Å². The van der Waals surface area contributed by atoms with Gasteiger partial charge in [0.05, 0.1) is 6.42 Å². The molecule has 0 saturated carbocycles. The van der Waals surface area contributed by atoms with Crippen LogP contribution < -0.4 is 0 Å². The van der Waals surface area contributed by atoms with Gasteiger partial charge in [0.15, 0.2) is 0 Å². The van der Waals surface area contributed by atoms with E-state index in [9.17, 15) is 0 Å². The number of likely N-dealkylation sites (tertiary alicyclic amines) is 1. The molecule has 1 aliphatic rings. The fourth-order valence-electron chi connectivity index (χ4n) is 1.73. The molecule has 0 spiro atoms. The van der Waals surface area contributed by atoms with Crippen molar-refractivity contribution in [1.29, 1.82) is 5.41 Å². The molecule has 1 fully saturated rings. The van der Waals surface area contributed by atoms with E-state index in [0.29, 0.717) is 6.42 Å². The van der Waals surface area contributed by atoms with Gasteiger partial charge in [-0.3, -0.25) is 5.41 Å². The maximum atomic E-state index is 7.93. The zero-order valence-corrected chi connectivity index (χ0v) is 9.23. The smallest absolute Gasteiger partial charge is 0.103 e. The highest BCUT2D eigenvalue weighted by molar-refractivity contribution is 7.09. The minimum absolute atomic E-state index is 0.707. The lowest BCUT2D eigenvalue weighted by molar-refractivity contribution is 0.506. The van der Waals surface area contributed by atoms with Crippen molar-refractivity contribution in [2.75, 3.05) is 13.1 Å². The van der Waals surface area contributed by atoms with Crippen LogP contribution in [0.1, 0.15) is 23.5 Å². The zero-order valence-electron chi connectivity index (χ0n) is 8.42. The first-order valence-corrected chi connectivity index (χ1v) is 5.87. The highest BCUT2D eigenvalue weighted by Gasteiger charge is 2.15. The van der Waals surface area contributed by atoms with E-state index >= 15 is 0 Å². The number of aryl methyl sites for hydroxylation is 1. The molecule has 1 N–H and O–H groups in total. The van der Waals surface area contributed by atoms with Gasteiger partial charge in [-0.05, 0) is 19.8 Å². The molecular weight excluding hydrogens is 194 g/mol. The Bertz CT molecular complexity index is 326. The highest BCUT2D eigenvalue weighted by atomic mass is 32.1. The minimum Gasteiger partial charge on any atom is -0.360 e. The lowest BCUT2D eigenvalue weighted by atomic mass is 10.3. The predicted octanol–water partition coefficient (Wildman–Crippen LogP) is 2.07. The molecule has 0 aliphatic carbocycles. The molecule has 1 aromatic heterocycles. The third-order valence-corrected chi connectivity index (χ3v) is 3.44. The van der Waals surface area contributed by atoms with Gasteiger partial charge in [-0.2, -0.15) is 0 Å². The second-order valence-electron chi connectivity index (χ2n) is 3.70. The molecule has 2 heterocycles. The van der Waals surface area contributed by atoms with Crippen LogP contribution in [0, 0.1) is 12.3 Å². The van der Waals surface area contributed by atoms with Crippen LogP contribution >= 0.6 is 11.3 Å². The summed E-state index contributed by atoms with van der Waals surface area (Å²) in [6.45, 7) is 4.12. The average Bonchev–Trinajstić information content (AvgIpc) is 2.75. The Kier molecular flexibility index (Phi) is 2.82. The summed E-state index contributed by atoms with van der Waals surface area (Å²) in [6, 6.07) is 0. The summed E-state index contributed by atoms with van der Waals surface area (Å²) in [5.74, 6) is 0.733. The first-order chi connectivity index (χ1) is 6.75. The monoisotopic (exact) mass is 209 g/mol. The van der Waals surface area contributed by atoms with Gasteiger partial charge in [-0.25, -0.2) is 4.98 Å². The maximum absolute atomic E-state index is 7.93. The summed E-state index contributed by atoms with van der Waals surface area (Å²) in [4.78, 5) is 6.54. The second kappa shape index (κ2) is 4.09. The molecule has 4 heteroatoms. The van der Waals surface area contributed by atoms with E-state index in [1.807, 2.05) is 12.3 Å². The molecule has 1 aliphatic heterocycles. The second-order valence-corrected chi connectivity index (χ2v) is 4.64. The Hall–Kier alpha value is -0.900. The molecule has 1 saturated heterocycles. The Labute approximate surface area is 88.3 Å². The molecule has 0 radical (unpaired) electrons. The molecule has 0 unspecified atom stereocenters. The van der Waals surface area contributed by atoms with E-state index in [2.05, 4.69) is 9.88 Å². The molecule has 2 rings (SSSR count). The van der Waals surface area contributed by atoms with Gasteiger partial charge in [0.1, 0.15) is 10.8 Å². The fourth-order valence-corrected chi connectivity index (χ4v) is 2.50. The topological polar surface area (TPSA) is 40.0 Å². The van der Waals surface area contributed by atoms with Crippen molar-refractivity contribution in [1.82, 2.24) is 9.88 Å². The van der Waals surface area contributed by atoms with E-state index in [1.165, 1.54) is 12.8 Å². The van der Waals surface area contributed by atoms with Crippen molar-refractivity contribution >= 4 is 17.2 Å². The van der Waals surface area contributed by atoms with E-state index in [1.54, 1.807) is 11.3 Å². The molecule has 0 bridgehead atoms. The summed E-state index contributed by atoms with van der Waals surface area (Å²) in [6.07, 6.45) is 3.18. The molecular formula is C10H15N3S. The number of amidine groups is 1. The lowest BCUT2D eigenvalue weighted by Gasteiger charge is -2.17. The van der Waals surface area contributed by atoms with Crippen LogP contribution in [0.15, 0.2) is 5.38 Å². The van der Waals surface area contributed by atoms with Gasteiger partial charge >= 0.3 is 0 Å². The number of thiazole rings is 1. The predicted molar refractivity (Wildman–Crippen MR) is 59.1 cm³/mol. The van der Waals surface area contributed by atoms with Crippen LogP contribution in [0.3, 0.4) is 0 Å². The molecule has 0 aromatic carbocycles. The molecule has 76 valence electrons. The number of aromatic nitrogens is 1. The van der Waals surface area contributed by atoms with E-state index in [-0.39, 0.29) is 0 Å².